The zero-order chi connectivity index (χ0) is 17.6. The molecule has 134 valence electrons. The molecule has 0 spiro atoms. The highest BCUT2D eigenvalue weighted by atomic mass is 16.5. The van der Waals surface area contributed by atoms with Gasteiger partial charge in [-0.2, -0.15) is 0 Å². The van der Waals surface area contributed by atoms with Gasteiger partial charge in [0.2, 0.25) is 5.91 Å². The van der Waals surface area contributed by atoms with Gasteiger partial charge in [0, 0.05) is 17.7 Å². The summed E-state index contributed by atoms with van der Waals surface area (Å²) in [5.74, 6) is 1.11. The van der Waals surface area contributed by atoms with Gasteiger partial charge in [0.25, 0.3) is 0 Å². The Morgan fingerprint density at radius 1 is 1.21 bits per heavy atom. The molecule has 1 aromatic carbocycles. The fraction of sp³-hybridized carbons (Fsp3) is 0.667. The number of hydrogen-bond donors (Lipinski definition) is 1. The van der Waals surface area contributed by atoms with Gasteiger partial charge in [0.15, 0.2) is 0 Å². The molecule has 1 aromatic rings. The van der Waals surface area contributed by atoms with Gasteiger partial charge in [-0.1, -0.05) is 53.0 Å². The molecule has 0 saturated heterocycles. The Bertz CT molecular complexity index is 545. The summed E-state index contributed by atoms with van der Waals surface area (Å²) in [5.41, 5.74) is 2.33. The largest absolute Gasteiger partial charge is 0.494 e. The number of unbranched alkanes of at least 4 members (excludes halogenated alkanes) is 3. The monoisotopic (exact) mass is 331 g/mol. The summed E-state index contributed by atoms with van der Waals surface area (Å²) >= 11 is 0. The molecule has 1 atom stereocenters. The van der Waals surface area contributed by atoms with E-state index in [1.165, 1.54) is 24.8 Å². The van der Waals surface area contributed by atoms with E-state index < -0.39 is 0 Å². The molecule has 0 bridgehead atoms. The number of nitrogens with one attached hydrogen (secondary N) is 1. The summed E-state index contributed by atoms with van der Waals surface area (Å²) in [6.45, 7) is 9.55. The molecular formula is C21H33NO2. The molecule has 1 amide bonds. The first-order valence-electron chi connectivity index (χ1n) is 9.45. The summed E-state index contributed by atoms with van der Waals surface area (Å²) in [6.07, 6.45) is 7.60. The lowest BCUT2D eigenvalue weighted by Gasteiger charge is -2.23. The third-order valence-electron chi connectivity index (χ3n) is 4.60. The van der Waals surface area contributed by atoms with Crippen molar-refractivity contribution in [3.05, 3.63) is 23.8 Å². The van der Waals surface area contributed by atoms with Gasteiger partial charge < -0.3 is 10.1 Å². The zero-order valence-electron chi connectivity index (χ0n) is 15.8. The Balaban J connectivity index is 1.96. The number of anilines is 1. The van der Waals surface area contributed by atoms with E-state index in [0.717, 1.165) is 43.7 Å². The number of carbonyl (C=O) groups is 1. The summed E-state index contributed by atoms with van der Waals surface area (Å²) in [4.78, 5) is 12.5. The molecule has 0 aromatic heterocycles. The Morgan fingerprint density at radius 3 is 2.71 bits per heavy atom. The number of aryl methyl sites for hydroxylation is 1. The Morgan fingerprint density at radius 2 is 2.00 bits per heavy atom. The maximum Gasteiger partial charge on any atom is 0.227 e. The van der Waals surface area contributed by atoms with Gasteiger partial charge in [-0.25, -0.2) is 0 Å². The van der Waals surface area contributed by atoms with Gasteiger partial charge in [-0.05, 0) is 42.7 Å². The summed E-state index contributed by atoms with van der Waals surface area (Å²) < 4.78 is 5.85. The Hall–Kier alpha value is -1.51. The van der Waals surface area contributed by atoms with E-state index in [0.29, 0.717) is 0 Å². The van der Waals surface area contributed by atoms with E-state index in [9.17, 15) is 4.79 Å². The topological polar surface area (TPSA) is 38.3 Å². The van der Waals surface area contributed by atoms with Crippen LogP contribution in [0, 0.1) is 11.3 Å². The molecule has 1 aliphatic rings. The highest BCUT2D eigenvalue weighted by Crippen LogP contribution is 2.33. The predicted molar refractivity (Wildman–Crippen MR) is 101 cm³/mol. The second-order valence-corrected chi connectivity index (χ2v) is 8.22. The van der Waals surface area contributed by atoms with Crippen LogP contribution in [0.25, 0.3) is 0 Å². The molecule has 0 fully saturated rings. The van der Waals surface area contributed by atoms with Crippen molar-refractivity contribution in [2.75, 3.05) is 11.9 Å². The number of ether oxygens (including phenoxy) is 1. The van der Waals surface area contributed by atoms with Crippen molar-refractivity contribution in [2.24, 2.45) is 11.3 Å². The van der Waals surface area contributed by atoms with Crippen LogP contribution in [0.15, 0.2) is 18.2 Å². The molecule has 3 heteroatoms. The van der Waals surface area contributed by atoms with Crippen molar-refractivity contribution < 1.29 is 9.53 Å². The number of rotatable bonds is 7. The van der Waals surface area contributed by atoms with E-state index in [-0.39, 0.29) is 17.2 Å². The van der Waals surface area contributed by atoms with Crippen LogP contribution in [0.3, 0.4) is 0 Å². The lowest BCUT2D eigenvalue weighted by atomic mass is 9.82. The SMILES string of the molecule is CCCCCCOc1ccc2c(c1)NC(=O)C(CC(C)(C)C)CC2. The number of carbonyl (C=O) groups excluding carboxylic acids is 1. The summed E-state index contributed by atoms with van der Waals surface area (Å²) in [6, 6.07) is 6.14. The highest BCUT2D eigenvalue weighted by Gasteiger charge is 2.27. The lowest BCUT2D eigenvalue weighted by molar-refractivity contribution is -0.120. The third-order valence-corrected chi connectivity index (χ3v) is 4.60. The Labute approximate surface area is 147 Å². The molecule has 24 heavy (non-hydrogen) atoms. The normalized spacial score (nSPS) is 17.8. The first-order valence-corrected chi connectivity index (χ1v) is 9.45. The van der Waals surface area contributed by atoms with Crippen LogP contribution in [0.5, 0.6) is 5.75 Å². The van der Waals surface area contributed by atoms with Gasteiger partial charge in [0.1, 0.15) is 5.75 Å². The average Bonchev–Trinajstić information content (AvgIpc) is 2.65. The molecule has 1 unspecified atom stereocenters. The van der Waals surface area contributed by atoms with Crippen molar-refractivity contribution in [3.63, 3.8) is 0 Å². The lowest BCUT2D eigenvalue weighted by Crippen LogP contribution is -2.25. The summed E-state index contributed by atoms with van der Waals surface area (Å²) in [7, 11) is 0. The third kappa shape index (κ3) is 5.85. The Kier molecular flexibility index (Phi) is 6.70. The second-order valence-electron chi connectivity index (χ2n) is 8.22. The molecule has 0 saturated carbocycles. The predicted octanol–water partition coefficient (Wildman–Crippen LogP) is 5.58. The van der Waals surface area contributed by atoms with Crippen molar-refractivity contribution in [1.29, 1.82) is 0 Å². The van der Waals surface area contributed by atoms with Crippen LogP contribution >= 0.6 is 0 Å². The fourth-order valence-corrected chi connectivity index (χ4v) is 3.33. The van der Waals surface area contributed by atoms with Crippen LogP contribution in [-0.2, 0) is 11.2 Å². The smallest absolute Gasteiger partial charge is 0.227 e. The maximum absolute atomic E-state index is 12.5. The minimum absolute atomic E-state index is 0.0933. The zero-order valence-corrected chi connectivity index (χ0v) is 15.8. The molecule has 0 radical (unpaired) electrons. The number of fused-ring (bicyclic) bond motifs is 1. The number of benzene rings is 1. The van der Waals surface area contributed by atoms with Crippen molar-refractivity contribution in [3.8, 4) is 5.75 Å². The molecule has 2 rings (SSSR count). The first-order chi connectivity index (χ1) is 11.4. The highest BCUT2D eigenvalue weighted by molar-refractivity contribution is 5.94. The average molecular weight is 332 g/mol. The standard InChI is InChI=1S/C21H33NO2/c1-5-6-7-8-13-24-18-12-11-16-9-10-17(15-21(2,3)4)20(23)22-19(16)14-18/h11-12,14,17H,5-10,13,15H2,1-4H3,(H,22,23). The minimum Gasteiger partial charge on any atom is -0.494 e. The molecular weight excluding hydrogens is 298 g/mol. The van der Waals surface area contributed by atoms with Crippen LogP contribution in [0.2, 0.25) is 0 Å². The number of amides is 1. The van der Waals surface area contributed by atoms with Gasteiger partial charge in [0.05, 0.1) is 6.61 Å². The van der Waals surface area contributed by atoms with Gasteiger partial charge in [-0.3, -0.25) is 4.79 Å². The molecule has 1 heterocycles. The van der Waals surface area contributed by atoms with E-state index in [4.69, 9.17) is 4.74 Å². The summed E-state index contributed by atoms with van der Waals surface area (Å²) in [5, 5.41) is 3.13. The maximum atomic E-state index is 12.5. The van der Waals surface area contributed by atoms with Gasteiger partial charge >= 0.3 is 0 Å². The minimum atomic E-state index is 0.0933. The van der Waals surface area contributed by atoms with Crippen molar-refractivity contribution >= 4 is 11.6 Å². The van der Waals surface area contributed by atoms with Crippen molar-refractivity contribution in [1.82, 2.24) is 0 Å². The van der Waals surface area contributed by atoms with E-state index in [1.54, 1.807) is 0 Å². The van der Waals surface area contributed by atoms with E-state index in [2.05, 4.69) is 39.1 Å². The van der Waals surface area contributed by atoms with Crippen LogP contribution in [0.4, 0.5) is 5.69 Å². The van der Waals surface area contributed by atoms with Crippen LogP contribution < -0.4 is 10.1 Å². The molecule has 1 N–H and O–H groups in total. The molecule has 1 aliphatic heterocycles. The van der Waals surface area contributed by atoms with Gasteiger partial charge in [-0.15, -0.1) is 0 Å². The number of hydrogen-bond acceptors (Lipinski definition) is 2. The quantitative estimate of drug-likeness (QED) is 0.662. The molecule has 3 nitrogen and oxygen atoms in total. The fourth-order valence-electron chi connectivity index (χ4n) is 3.33. The first kappa shape index (κ1) is 18.8. The van der Waals surface area contributed by atoms with Crippen LogP contribution in [0.1, 0.15) is 71.8 Å². The van der Waals surface area contributed by atoms with Crippen LogP contribution in [-0.4, -0.2) is 12.5 Å². The van der Waals surface area contributed by atoms with E-state index in [1.807, 2.05) is 12.1 Å². The van der Waals surface area contributed by atoms with E-state index >= 15 is 0 Å². The van der Waals surface area contributed by atoms with Crippen molar-refractivity contribution in [2.45, 2.75) is 72.6 Å². The second kappa shape index (κ2) is 8.55. The molecule has 0 aliphatic carbocycles.